The average Bonchev–Trinajstić information content (AvgIpc) is 3.13. The molecule has 2 heteroatoms. The van der Waals surface area contributed by atoms with Crippen LogP contribution in [0.25, 0.3) is 0 Å². The van der Waals surface area contributed by atoms with Crippen molar-refractivity contribution in [1.29, 1.82) is 0 Å². The highest BCUT2D eigenvalue weighted by Crippen LogP contribution is 2.22. The Labute approximate surface area is 184 Å². The summed E-state index contributed by atoms with van der Waals surface area (Å²) in [7, 11) is 0. The first kappa shape index (κ1) is 26.4. The molecule has 0 amide bonds. The fourth-order valence-corrected chi connectivity index (χ4v) is 4.67. The van der Waals surface area contributed by atoms with E-state index in [1.54, 1.807) is 0 Å². The van der Waals surface area contributed by atoms with Crippen LogP contribution in [0.3, 0.4) is 0 Å². The summed E-state index contributed by atoms with van der Waals surface area (Å²) in [4.78, 5) is 5.14. The Bertz CT molecular complexity index is 366. The highest BCUT2D eigenvalue weighted by molar-refractivity contribution is 4.96. The van der Waals surface area contributed by atoms with Gasteiger partial charge in [-0.05, 0) is 26.2 Å². The maximum absolute atomic E-state index is 2.61. The van der Waals surface area contributed by atoms with Gasteiger partial charge in [-0.25, -0.2) is 0 Å². The highest BCUT2D eigenvalue weighted by Gasteiger charge is 2.23. The molecule has 1 rings (SSSR count). The third-order valence-corrected chi connectivity index (χ3v) is 6.67. The van der Waals surface area contributed by atoms with Crippen LogP contribution >= 0.6 is 0 Å². The van der Waals surface area contributed by atoms with Crippen molar-refractivity contribution in [1.82, 2.24) is 9.80 Å². The van der Waals surface area contributed by atoms with Crippen LogP contribution in [0.5, 0.6) is 0 Å². The second-order valence-corrected chi connectivity index (χ2v) is 9.29. The predicted octanol–water partition coefficient (Wildman–Crippen LogP) is 8.87. The van der Waals surface area contributed by atoms with Gasteiger partial charge in [0.25, 0.3) is 0 Å². The van der Waals surface area contributed by atoms with Crippen molar-refractivity contribution in [3.63, 3.8) is 0 Å². The van der Waals surface area contributed by atoms with Gasteiger partial charge in [-0.15, -0.1) is 0 Å². The third-order valence-electron chi connectivity index (χ3n) is 6.67. The third kappa shape index (κ3) is 13.3. The maximum Gasteiger partial charge on any atom is 0.101 e. The molecule has 1 heterocycles. The van der Waals surface area contributed by atoms with Crippen molar-refractivity contribution < 1.29 is 0 Å². The molecule has 0 aromatic heterocycles. The Morgan fingerprint density at radius 3 is 1.38 bits per heavy atom. The van der Waals surface area contributed by atoms with Crippen LogP contribution in [0, 0.1) is 0 Å². The van der Waals surface area contributed by atoms with Gasteiger partial charge in [-0.2, -0.15) is 0 Å². The van der Waals surface area contributed by atoms with Gasteiger partial charge in [0.2, 0.25) is 0 Å². The lowest BCUT2D eigenvalue weighted by Gasteiger charge is -2.32. The van der Waals surface area contributed by atoms with Crippen molar-refractivity contribution in [2.75, 3.05) is 13.1 Å². The molecule has 0 aromatic carbocycles. The standard InChI is InChI=1S/C27H54N2/c1-4-7-9-10-11-12-13-14-15-16-17-18-19-20-22-24-29-26-25-28(6-3)27(29)23-21-8-5-2/h25-27H,4-24H2,1-3H3. The molecule has 0 aromatic rings. The fraction of sp³-hybridized carbons (Fsp3) is 0.926. The van der Waals surface area contributed by atoms with E-state index < -0.39 is 0 Å². The Balaban J connectivity index is 1.90. The summed E-state index contributed by atoms with van der Waals surface area (Å²) in [5.41, 5.74) is 0. The summed E-state index contributed by atoms with van der Waals surface area (Å²) in [6, 6.07) is 0. The highest BCUT2D eigenvalue weighted by atomic mass is 15.4. The van der Waals surface area contributed by atoms with Crippen LogP contribution in [0.1, 0.15) is 143 Å². The maximum atomic E-state index is 2.61. The van der Waals surface area contributed by atoms with Gasteiger partial charge >= 0.3 is 0 Å². The van der Waals surface area contributed by atoms with Gasteiger partial charge in [0, 0.05) is 25.5 Å². The van der Waals surface area contributed by atoms with Gasteiger partial charge in [0.1, 0.15) is 6.17 Å². The van der Waals surface area contributed by atoms with Crippen molar-refractivity contribution in [3.8, 4) is 0 Å². The zero-order chi connectivity index (χ0) is 21.0. The molecule has 0 fully saturated rings. The molecule has 0 bridgehead atoms. The number of hydrogen-bond donors (Lipinski definition) is 0. The van der Waals surface area contributed by atoms with Gasteiger partial charge in [0.15, 0.2) is 0 Å². The summed E-state index contributed by atoms with van der Waals surface area (Å²) in [6.45, 7) is 9.28. The number of nitrogens with zero attached hydrogens (tertiary/aromatic N) is 2. The first-order chi connectivity index (χ1) is 14.3. The minimum atomic E-state index is 0.637. The Hall–Kier alpha value is -0.660. The summed E-state index contributed by atoms with van der Waals surface area (Å²) < 4.78 is 0. The van der Waals surface area contributed by atoms with Crippen LogP contribution < -0.4 is 0 Å². The molecular formula is C27H54N2. The van der Waals surface area contributed by atoms with E-state index in [0.717, 1.165) is 6.54 Å². The molecule has 29 heavy (non-hydrogen) atoms. The molecule has 0 spiro atoms. The molecule has 1 aliphatic rings. The number of rotatable bonds is 21. The van der Waals surface area contributed by atoms with E-state index in [4.69, 9.17) is 0 Å². The van der Waals surface area contributed by atoms with Gasteiger partial charge in [-0.3, -0.25) is 0 Å². The SMILES string of the molecule is CCCCCCCCCCCCCCCCCN1C=CN(CC)C1CCCCC. The lowest BCUT2D eigenvalue weighted by molar-refractivity contribution is 0.142. The fourth-order valence-electron chi connectivity index (χ4n) is 4.67. The summed E-state index contributed by atoms with van der Waals surface area (Å²) in [6.07, 6.45) is 32.4. The van der Waals surface area contributed by atoms with Crippen molar-refractivity contribution >= 4 is 0 Å². The lowest BCUT2D eigenvalue weighted by Crippen LogP contribution is -2.38. The lowest BCUT2D eigenvalue weighted by atomic mass is 10.0. The molecule has 0 radical (unpaired) electrons. The van der Waals surface area contributed by atoms with Crippen LogP contribution in [0.15, 0.2) is 12.4 Å². The summed E-state index contributed by atoms with van der Waals surface area (Å²) in [5.74, 6) is 0. The molecule has 0 saturated heterocycles. The molecule has 0 saturated carbocycles. The van der Waals surface area contributed by atoms with Crippen LogP contribution in [0.2, 0.25) is 0 Å². The van der Waals surface area contributed by atoms with Gasteiger partial charge in [-0.1, -0.05) is 117 Å². The molecule has 0 aliphatic carbocycles. The molecule has 2 nitrogen and oxygen atoms in total. The Kier molecular flexibility index (Phi) is 17.6. The van der Waals surface area contributed by atoms with Crippen LogP contribution in [0.4, 0.5) is 0 Å². The van der Waals surface area contributed by atoms with Crippen LogP contribution in [-0.4, -0.2) is 29.1 Å². The first-order valence-electron chi connectivity index (χ1n) is 13.5. The monoisotopic (exact) mass is 406 g/mol. The Morgan fingerprint density at radius 1 is 0.483 bits per heavy atom. The Morgan fingerprint density at radius 2 is 0.897 bits per heavy atom. The zero-order valence-electron chi connectivity index (χ0n) is 20.5. The molecule has 1 aliphatic heterocycles. The topological polar surface area (TPSA) is 6.48 Å². The minimum Gasteiger partial charge on any atom is -0.356 e. The average molecular weight is 407 g/mol. The predicted molar refractivity (Wildman–Crippen MR) is 131 cm³/mol. The molecule has 1 unspecified atom stereocenters. The molecule has 172 valence electrons. The van der Waals surface area contributed by atoms with Crippen LogP contribution in [-0.2, 0) is 0 Å². The second-order valence-electron chi connectivity index (χ2n) is 9.29. The van der Waals surface area contributed by atoms with Crippen molar-refractivity contribution in [2.24, 2.45) is 0 Å². The van der Waals surface area contributed by atoms with E-state index in [0.29, 0.717) is 6.17 Å². The van der Waals surface area contributed by atoms with E-state index in [9.17, 15) is 0 Å². The van der Waals surface area contributed by atoms with E-state index in [1.165, 1.54) is 129 Å². The second kappa shape index (κ2) is 19.3. The minimum absolute atomic E-state index is 0.637. The summed E-state index contributed by atoms with van der Waals surface area (Å²) >= 11 is 0. The summed E-state index contributed by atoms with van der Waals surface area (Å²) in [5, 5.41) is 0. The number of unbranched alkanes of at least 4 members (excludes halogenated alkanes) is 16. The van der Waals surface area contributed by atoms with E-state index in [2.05, 4.69) is 43.0 Å². The van der Waals surface area contributed by atoms with Gasteiger partial charge < -0.3 is 9.80 Å². The largest absolute Gasteiger partial charge is 0.356 e. The quantitative estimate of drug-likeness (QED) is 0.176. The van der Waals surface area contributed by atoms with E-state index in [1.807, 2.05) is 0 Å². The van der Waals surface area contributed by atoms with Crippen molar-refractivity contribution in [2.45, 2.75) is 149 Å². The zero-order valence-corrected chi connectivity index (χ0v) is 20.5. The first-order valence-corrected chi connectivity index (χ1v) is 13.5. The smallest absolute Gasteiger partial charge is 0.101 e. The molecule has 0 N–H and O–H groups in total. The van der Waals surface area contributed by atoms with Crippen molar-refractivity contribution in [3.05, 3.63) is 12.4 Å². The molecular weight excluding hydrogens is 352 g/mol. The van der Waals surface area contributed by atoms with E-state index >= 15 is 0 Å². The van der Waals surface area contributed by atoms with Gasteiger partial charge in [0.05, 0.1) is 0 Å². The normalized spacial score (nSPS) is 16.3. The van der Waals surface area contributed by atoms with E-state index in [-0.39, 0.29) is 0 Å². The number of hydrogen-bond acceptors (Lipinski definition) is 2. The molecule has 1 atom stereocenters.